The molecule has 0 fully saturated rings. The standard InChI is InChI=1S/C21H14ClNO/c22-17-11-12-19-16(13-17)14-20(15-7-3-1-4-8-15)23(21(19)24)18-9-5-2-6-10-18/h1-14H. The van der Waals surface area contributed by atoms with Crippen molar-refractivity contribution in [1.82, 2.24) is 4.57 Å². The van der Waals surface area contributed by atoms with Gasteiger partial charge in [-0.2, -0.15) is 0 Å². The largest absolute Gasteiger partial charge is 0.276 e. The highest BCUT2D eigenvalue weighted by molar-refractivity contribution is 6.31. The maximum Gasteiger partial charge on any atom is 0.263 e. The molecule has 3 heteroatoms. The number of fused-ring (bicyclic) bond motifs is 1. The zero-order chi connectivity index (χ0) is 16.5. The first-order chi connectivity index (χ1) is 11.7. The first kappa shape index (κ1) is 14.7. The number of hydrogen-bond acceptors (Lipinski definition) is 1. The molecule has 116 valence electrons. The van der Waals surface area contributed by atoms with Gasteiger partial charge < -0.3 is 0 Å². The van der Waals surface area contributed by atoms with E-state index >= 15 is 0 Å². The number of hydrogen-bond donors (Lipinski definition) is 0. The third-order valence-electron chi connectivity index (χ3n) is 4.06. The molecule has 0 atom stereocenters. The van der Waals surface area contributed by atoms with Crippen molar-refractivity contribution in [3.63, 3.8) is 0 Å². The zero-order valence-corrected chi connectivity index (χ0v) is 13.6. The second-order valence-electron chi connectivity index (χ2n) is 5.60. The Labute approximate surface area is 144 Å². The highest BCUT2D eigenvalue weighted by Crippen LogP contribution is 2.26. The molecule has 0 aliphatic heterocycles. The summed E-state index contributed by atoms with van der Waals surface area (Å²) in [6, 6.07) is 27.0. The van der Waals surface area contributed by atoms with E-state index in [2.05, 4.69) is 0 Å². The monoisotopic (exact) mass is 331 g/mol. The Kier molecular flexibility index (Phi) is 3.68. The molecule has 0 aliphatic rings. The van der Waals surface area contributed by atoms with Crippen LogP contribution < -0.4 is 5.56 Å². The minimum Gasteiger partial charge on any atom is -0.276 e. The Morgan fingerprint density at radius 1 is 0.750 bits per heavy atom. The molecule has 0 bridgehead atoms. The van der Waals surface area contributed by atoms with Gasteiger partial charge in [0.05, 0.1) is 5.69 Å². The Balaban J connectivity index is 2.14. The van der Waals surface area contributed by atoms with Gasteiger partial charge in [-0.05, 0) is 47.3 Å². The lowest BCUT2D eigenvalue weighted by molar-refractivity contribution is 1.02. The van der Waals surface area contributed by atoms with Crippen LogP contribution in [0.5, 0.6) is 0 Å². The topological polar surface area (TPSA) is 22.0 Å². The van der Waals surface area contributed by atoms with Crippen molar-refractivity contribution in [3.05, 3.63) is 100 Å². The lowest BCUT2D eigenvalue weighted by atomic mass is 10.1. The number of para-hydroxylation sites is 1. The van der Waals surface area contributed by atoms with Crippen molar-refractivity contribution in [2.24, 2.45) is 0 Å². The van der Waals surface area contributed by atoms with Crippen molar-refractivity contribution < 1.29 is 0 Å². The van der Waals surface area contributed by atoms with Gasteiger partial charge in [-0.1, -0.05) is 60.1 Å². The molecular formula is C21H14ClNO. The van der Waals surface area contributed by atoms with Crippen LogP contribution >= 0.6 is 11.6 Å². The summed E-state index contributed by atoms with van der Waals surface area (Å²) in [5, 5.41) is 2.12. The van der Waals surface area contributed by atoms with E-state index in [-0.39, 0.29) is 5.56 Å². The average Bonchev–Trinajstić information content (AvgIpc) is 2.63. The number of nitrogens with zero attached hydrogens (tertiary/aromatic N) is 1. The molecule has 0 spiro atoms. The van der Waals surface area contributed by atoms with E-state index in [1.54, 1.807) is 16.7 Å². The highest BCUT2D eigenvalue weighted by Gasteiger charge is 2.12. The molecule has 0 aliphatic carbocycles. The molecule has 4 rings (SSSR count). The SMILES string of the molecule is O=c1c2ccc(Cl)cc2cc(-c2ccccc2)n1-c1ccccc1. The fourth-order valence-corrected chi connectivity index (χ4v) is 3.12. The van der Waals surface area contributed by atoms with E-state index in [9.17, 15) is 4.79 Å². The number of pyridine rings is 1. The predicted octanol–water partition coefficient (Wildman–Crippen LogP) is 5.31. The maximum atomic E-state index is 13.2. The molecule has 0 saturated carbocycles. The van der Waals surface area contributed by atoms with Gasteiger partial charge in [0.15, 0.2) is 0 Å². The van der Waals surface area contributed by atoms with Crippen molar-refractivity contribution >= 4 is 22.4 Å². The van der Waals surface area contributed by atoms with Gasteiger partial charge in [0, 0.05) is 16.1 Å². The van der Waals surface area contributed by atoms with Crippen LogP contribution in [0.4, 0.5) is 0 Å². The Morgan fingerprint density at radius 3 is 2.12 bits per heavy atom. The molecule has 3 aromatic carbocycles. The molecule has 1 aromatic heterocycles. The lowest BCUT2D eigenvalue weighted by Gasteiger charge is -2.15. The quantitative estimate of drug-likeness (QED) is 0.488. The van der Waals surface area contributed by atoms with Crippen LogP contribution in [0.3, 0.4) is 0 Å². The summed E-state index contributed by atoms with van der Waals surface area (Å²) in [6.45, 7) is 0. The summed E-state index contributed by atoms with van der Waals surface area (Å²) in [5.74, 6) is 0. The first-order valence-electron chi connectivity index (χ1n) is 7.70. The van der Waals surface area contributed by atoms with Gasteiger partial charge in [0.1, 0.15) is 0 Å². The van der Waals surface area contributed by atoms with Gasteiger partial charge >= 0.3 is 0 Å². The van der Waals surface area contributed by atoms with Crippen LogP contribution in [0.15, 0.2) is 89.7 Å². The number of aromatic nitrogens is 1. The first-order valence-corrected chi connectivity index (χ1v) is 8.08. The fraction of sp³-hybridized carbons (Fsp3) is 0. The second-order valence-corrected chi connectivity index (χ2v) is 6.04. The predicted molar refractivity (Wildman–Crippen MR) is 100.0 cm³/mol. The van der Waals surface area contributed by atoms with E-state index in [0.29, 0.717) is 10.4 Å². The van der Waals surface area contributed by atoms with E-state index in [0.717, 1.165) is 22.3 Å². The minimum atomic E-state index is -0.0470. The van der Waals surface area contributed by atoms with E-state index < -0.39 is 0 Å². The molecule has 4 aromatic rings. The van der Waals surface area contributed by atoms with Gasteiger partial charge in [-0.15, -0.1) is 0 Å². The van der Waals surface area contributed by atoms with Gasteiger partial charge in [0.25, 0.3) is 5.56 Å². The van der Waals surface area contributed by atoms with Crippen molar-refractivity contribution in [2.75, 3.05) is 0 Å². The molecule has 0 N–H and O–H groups in total. The van der Waals surface area contributed by atoms with Crippen molar-refractivity contribution in [2.45, 2.75) is 0 Å². The molecule has 24 heavy (non-hydrogen) atoms. The van der Waals surface area contributed by atoms with Crippen molar-refractivity contribution in [1.29, 1.82) is 0 Å². The summed E-state index contributed by atoms with van der Waals surface area (Å²) in [4.78, 5) is 13.2. The maximum absolute atomic E-state index is 13.2. The van der Waals surface area contributed by atoms with Crippen LogP contribution in [0.2, 0.25) is 5.02 Å². The highest BCUT2D eigenvalue weighted by atomic mass is 35.5. The third-order valence-corrected chi connectivity index (χ3v) is 4.30. The van der Waals surface area contributed by atoms with Crippen LogP contribution in [0.25, 0.3) is 27.7 Å². The number of rotatable bonds is 2. The Morgan fingerprint density at radius 2 is 1.42 bits per heavy atom. The van der Waals surface area contributed by atoms with Gasteiger partial charge in [0.2, 0.25) is 0 Å². The molecule has 0 radical (unpaired) electrons. The van der Waals surface area contributed by atoms with E-state index in [1.807, 2.05) is 72.8 Å². The second kappa shape index (κ2) is 5.99. The lowest BCUT2D eigenvalue weighted by Crippen LogP contribution is -2.20. The number of benzene rings is 3. The summed E-state index contributed by atoms with van der Waals surface area (Å²) in [5.41, 5.74) is 2.63. The molecule has 0 unspecified atom stereocenters. The Hall–Kier alpha value is -2.84. The van der Waals surface area contributed by atoms with E-state index in [4.69, 9.17) is 11.6 Å². The smallest absolute Gasteiger partial charge is 0.263 e. The Bertz CT molecular complexity index is 1070. The fourth-order valence-electron chi connectivity index (χ4n) is 2.94. The average molecular weight is 332 g/mol. The summed E-state index contributed by atoms with van der Waals surface area (Å²) >= 11 is 6.12. The normalized spacial score (nSPS) is 10.9. The van der Waals surface area contributed by atoms with Crippen LogP contribution in [-0.2, 0) is 0 Å². The van der Waals surface area contributed by atoms with Crippen LogP contribution in [-0.4, -0.2) is 4.57 Å². The molecule has 0 saturated heterocycles. The summed E-state index contributed by atoms with van der Waals surface area (Å²) in [7, 11) is 0. The van der Waals surface area contributed by atoms with Crippen LogP contribution in [0.1, 0.15) is 0 Å². The van der Waals surface area contributed by atoms with Gasteiger partial charge in [-0.3, -0.25) is 9.36 Å². The number of halogens is 1. The summed E-state index contributed by atoms with van der Waals surface area (Å²) < 4.78 is 1.76. The van der Waals surface area contributed by atoms with E-state index in [1.165, 1.54) is 0 Å². The minimum absolute atomic E-state index is 0.0470. The third kappa shape index (κ3) is 2.51. The molecule has 2 nitrogen and oxygen atoms in total. The van der Waals surface area contributed by atoms with Crippen molar-refractivity contribution in [3.8, 4) is 16.9 Å². The summed E-state index contributed by atoms with van der Waals surface area (Å²) in [6.07, 6.45) is 0. The molecular weight excluding hydrogens is 318 g/mol. The zero-order valence-electron chi connectivity index (χ0n) is 12.8. The van der Waals surface area contributed by atoms with Gasteiger partial charge in [-0.25, -0.2) is 0 Å². The molecule has 0 amide bonds. The molecule has 1 heterocycles. The van der Waals surface area contributed by atoms with Crippen LogP contribution in [0, 0.1) is 0 Å².